The molecule has 0 atom stereocenters. The Balaban J connectivity index is 1.71. The Kier molecular flexibility index (Phi) is 3.84. The average molecular weight is 238 g/mol. The van der Waals surface area contributed by atoms with Crippen molar-refractivity contribution in [3.63, 3.8) is 0 Å². The molecule has 0 amide bonds. The topological polar surface area (TPSA) is 29.3 Å². The van der Waals surface area contributed by atoms with Gasteiger partial charge in [-0.25, -0.2) is 0 Å². The van der Waals surface area contributed by atoms with E-state index in [4.69, 9.17) is 5.73 Å². The molecule has 0 bridgehead atoms. The molecule has 2 saturated carbocycles. The minimum absolute atomic E-state index is 0.197. The van der Waals surface area contributed by atoms with Gasteiger partial charge in [0.1, 0.15) is 0 Å². The SMILES string of the molecule is CN(CCC1(N)CCC1)C1CCC(C)(C)CC1. The normalized spacial score (nSPS) is 28.1. The van der Waals surface area contributed by atoms with Gasteiger partial charge in [0.25, 0.3) is 0 Å². The molecule has 100 valence electrons. The van der Waals surface area contributed by atoms with Crippen molar-refractivity contribution in [1.29, 1.82) is 0 Å². The van der Waals surface area contributed by atoms with Crippen LogP contribution in [0.2, 0.25) is 0 Å². The molecular formula is C15H30N2. The molecule has 0 aliphatic heterocycles. The minimum Gasteiger partial charge on any atom is -0.325 e. The van der Waals surface area contributed by atoms with Gasteiger partial charge in [-0.3, -0.25) is 0 Å². The van der Waals surface area contributed by atoms with Crippen molar-refractivity contribution in [2.45, 2.75) is 76.8 Å². The maximum Gasteiger partial charge on any atom is 0.0166 e. The Morgan fingerprint density at radius 2 is 1.71 bits per heavy atom. The summed E-state index contributed by atoms with van der Waals surface area (Å²) >= 11 is 0. The lowest BCUT2D eigenvalue weighted by molar-refractivity contribution is 0.110. The zero-order valence-electron chi connectivity index (χ0n) is 12.0. The van der Waals surface area contributed by atoms with Crippen LogP contribution < -0.4 is 5.73 Å². The molecule has 0 radical (unpaired) electrons. The number of nitrogens with zero attached hydrogens (tertiary/aromatic N) is 1. The zero-order valence-corrected chi connectivity index (χ0v) is 12.0. The fourth-order valence-corrected chi connectivity index (χ4v) is 3.29. The van der Waals surface area contributed by atoms with E-state index in [0.29, 0.717) is 5.41 Å². The number of hydrogen-bond donors (Lipinski definition) is 1. The van der Waals surface area contributed by atoms with Crippen LogP contribution >= 0.6 is 0 Å². The third kappa shape index (κ3) is 3.45. The molecule has 2 aliphatic carbocycles. The minimum atomic E-state index is 0.197. The van der Waals surface area contributed by atoms with E-state index < -0.39 is 0 Å². The predicted octanol–water partition coefficient (Wildman–Crippen LogP) is 3.16. The third-order valence-electron chi connectivity index (χ3n) is 5.24. The Morgan fingerprint density at radius 3 is 2.18 bits per heavy atom. The summed E-state index contributed by atoms with van der Waals surface area (Å²) in [6, 6.07) is 0.812. The lowest BCUT2D eigenvalue weighted by atomic mass is 9.74. The third-order valence-corrected chi connectivity index (χ3v) is 5.24. The molecule has 2 nitrogen and oxygen atoms in total. The van der Waals surface area contributed by atoms with Crippen LogP contribution in [0, 0.1) is 5.41 Å². The van der Waals surface area contributed by atoms with Gasteiger partial charge in [0.15, 0.2) is 0 Å². The highest BCUT2D eigenvalue weighted by Gasteiger charge is 2.33. The van der Waals surface area contributed by atoms with Crippen LogP contribution in [-0.4, -0.2) is 30.1 Å². The van der Waals surface area contributed by atoms with Crippen LogP contribution in [0.1, 0.15) is 65.2 Å². The second-order valence-electron chi connectivity index (χ2n) is 7.34. The first kappa shape index (κ1) is 13.4. The van der Waals surface area contributed by atoms with Gasteiger partial charge in [0.2, 0.25) is 0 Å². The number of rotatable bonds is 4. The summed E-state index contributed by atoms with van der Waals surface area (Å²) in [6.07, 6.45) is 10.6. The van der Waals surface area contributed by atoms with Crippen LogP contribution in [0.25, 0.3) is 0 Å². The van der Waals surface area contributed by atoms with Crippen LogP contribution in [0.15, 0.2) is 0 Å². The first-order valence-corrected chi connectivity index (χ1v) is 7.39. The van der Waals surface area contributed by atoms with Crippen molar-refractivity contribution in [1.82, 2.24) is 4.90 Å². The van der Waals surface area contributed by atoms with Crippen LogP contribution in [-0.2, 0) is 0 Å². The van der Waals surface area contributed by atoms with Gasteiger partial charge in [-0.2, -0.15) is 0 Å². The standard InChI is InChI=1S/C15H30N2/c1-14(2)9-5-13(6-10-14)17(3)12-11-15(16)7-4-8-15/h13H,4-12,16H2,1-3H3. The van der Waals surface area contributed by atoms with E-state index in [1.807, 2.05) is 0 Å². The maximum absolute atomic E-state index is 6.30. The van der Waals surface area contributed by atoms with E-state index in [-0.39, 0.29) is 5.54 Å². The fraction of sp³-hybridized carbons (Fsp3) is 1.00. The molecule has 2 fully saturated rings. The van der Waals surface area contributed by atoms with E-state index in [2.05, 4.69) is 25.8 Å². The Labute approximate surface area is 107 Å². The molecule has 2 aliphatic rings. The van der Waals surface area contributed by atoms with Gasteiger partial charge >= 0.3 is 0 Å². The molecule has 0 spiro atoms. The second-order valence-corrected chi connectivity index (χ2v) is 7.34. The second kappa shape index (κ2) is 4.89. The maximum atomic E-state index is 6.30. The highest BCUT2D eigenvalue weighted by Crippen LogP contribution is 2.37. The monoisotopic (exact) mass is 238 g/mol. The number of hydrogen-bond acceptors (Lipinski definition) is 2. The zero-order chi connectivity index (χ0) is 12.5. The largest absolute Gasteiger partial charge is 0.325 e. The van der Waals surface area contributed by atoms with Gasteiger partial charge in [-0.05, 0) is 70.4 Å². The summed E-state index contributed by atoms with van der Waals surface area (Å²) < 4.78 is 0. The summed E-state index contributed by atoms with van der Waals surface area (Å²) in [5.74, 6) is 0. The molecule has 0 aromatic rings. The van der Waals surface area contributed by atoms with Crippen molar-refractivity contribution in [3.8, 4) is 0 Å². The smallest absolute Gasteiger partial charge is 0.0166 e. The lowest BCUT2D eigenvalue weighted by Gasteiger charge is -2.42. The van der Waals surface area contributed by atoms with E-state index in [1.54, 1.807) is 0 Å². The van der Waals surface area contributed by atoms with E-state index in [1.165, 1.54) is 57.9 Å². The van der Waals surface area contributed by atoms with Gasteiger partial charge < -0.3 is 10.6 Å². The molecule has 2 heteroatoms. The van der Waals surface area contributed by atoms with Crippen molar-refractivity contribution in [2.24, 2.45) is 11.1 Å². The van der Waals surface area contributed by atoms with E-state index >= 15 is 0 Å². The van der Waals surface area contributed by atoms with Crippen molar-refractivity contribution in [3.05, 3.63) is 0 Å². The van der Waals surface area contributed by atoms with Crippen molar-refractivity contribution in [2.75, 3.05) is 13.6 Å². The summed E-state index contributed by atoms with van der Waals surface area (Å²) in [5.41, 5.74) is 7.08. The first-order chi connectivity index (χ1) is 7.90. The van der Waals surface area contributed by atoms with E-state index in [0.717, 1.165) is 6.04 Å². The Bertz CT molecular complexity index is 246. The van der Waals surface area contributed by atoms with E-state index in [9.17, 15) is 0 Å². The molecule has 0 heterocycles. The Morgan fingerprint density at radius 1 is 1.12 bits per heavy atom. The van der Waals surface area contributed by atoms with Crippen LogP contribution in [0.4, 0.5) is 0 Å². The van der Waals surface area contributed by atoms with Crippen LogP contribution in [0.5, 0.6) is 0 Å². The van der Waals surface area contributed by atoms with Gasteiger partial charge in [0.05, 0.1) is 0 Å². The average Bonchev–Trinajstić information content (AvgIpc) is 2.23. The molecule has 0 unspecified atom stereocenters. The Hall–Kier alpha value is -0.0800. The van der Waals surface area contributed by atoms with Gasteiger partial charge in [-0.1, -0.05) is 13.8 Å². The number of nitrogens with two attached hydrogens (primary N) is 1. The summed E-state index contributed by atoms with van der Waals surface area (Å²) in [5, 5.41) is 0. The first-order valence-electron chi connectivity index (χ1n) is 7.39. The summed E-state index contributed by atoms with van der Waals surface area (Å²) in [4.78, 5) is 2.57. The van der Waals surface area contributed by atoms with Gasteiger partial charge in [0, 0.05) is 11.6 Å². The molecular weight excluding hydrogens is 208 g/mol. The molecule has 17 heavy (non-hydrogen) atoms. The predicted molar refractivity (Wildman–Crippen MR) is 74.1 cm³/mol. The highest BCUT2D eigenvalue weighted by molar-refractivity contribution is 4.93. The van der Waals surface area contributed by atoms with Crippen molar-refractivity contribution >= 4 is 0 Å². The fourth-order valence-electron chi connectivity index (χ4n) is 3.29. The molecule has 0 aromatic carbocycles. The van der Waals surface area contributed by atoms with Crippen molar-refractivity contribution < 1.29 is 0 Å². The molecule has 0 saturated heterocycles. The molecule has 2 rings (SSSR count). The quantitative estimate of drug-likeness (QED) is 0.815. The summed E-state index contributed by atoms with van der Waals surface area (Å²) in [6.45, 7) is 6.01. The molecule has 0 aromatic heterocycles. The summed E-state index contributed by atoms with van der Waals surface area (Å²) in [7, 11) is 2.30. The van der Waals surface area contributed by atoms with Gasteiger partial charge in [-0.15, -0.1) is 0 Å². The molecule has 2 N–H and O–H groups in total. The lowest BCUT2D eigenvalue weighted by Crippen LogP contribution is -2.49. The highest BCUT2D eigenvalue weighted by atomic mass is 15.1. The van der Waals surface area contributed by atoms with Crippen LogP contribution in [0.3, 0.4) is 0 Å².